The molecular formula is C16H14BrFN4. The highest BCUT2D eigenvalue weighted by Gasteiger charge is 2.34. The molecule has 0 aromatic carbocycles. The van der Waals surface area contributed by atoms with Gasteiger partial charge in [-0.3, -0.25) is 4.98 Å². The molecule has 1 fully saturated rings. The van der Waals surface area contributed by atoms with Crippen LogP contribution in [0.25, 0.3) is 10.9 Å². The van der Waals surface area contributed by atoms with Gasteiger partial charge in [-0.05, 0) is 47.0 Å². The molecule has 1 aliphatic heterocycles. The summed E-state index contributed by atoms with van der Waals surface area (Å²) in [6.07, 6.45) is 8.19. The molecule has 4 rings (SSSR count). The Morgan fingerprint density at radius 3 is 3.05 bits per heavy atom. The van der Waals surface area contributed by atoms with Crippen molar-refractivity contribution >= 4 is 32.7 Å². The van der Waals surface area contributed by atoms with Crippen LogP contribution in [0.4, 0.5) is 10.2 Å². The van der Waals surface area contributed by atoms with Gasteiger partial charge in [0.15, 0.2) is 4.58 Å². The molecule has 1 atom stereocenters. The first-order valence-electron chi connectivity index (χ1n) is 7.18. The van der Waals surface area contributed by atoms with Gasteiger partial charge in [-0.15, -0.1) is 0 Å². The summed E-state index contributed by atoms with van der Waals surface area (Å²) >= 11 is 3.13. The fourth-order valence-corrected chi connectivity index (χ4v) is 3.41. The second-order valence-corrected chi connectivity index (χ2v) is 6.98. The standard InChI is InChI=1S/C16H14BrFN4/c1-10-6-12-13(8-19-10)20-9-21-15(12)22-5-3-11-2-4-16(17,18)7-14(11)22/h2,6-9H,3-5H2,1H3. The Labute approximate surface area is 135 Å². The molecule has 22 heavy (non-hydrogen) atoms. The van der Waals surface area contributed by atoms with E-state index in [0.717, 1.165) is 41.1 Å². The molecule has 0 spiro atoms. The Morgan fingerprint density at radius 1 is 1.32 bits per heavy atom. The van der Waals surface area contributed by atoms with E-state index >= 15 is 0 Å². The van der Waals surface area contributed by atoms with E-state index in [0.29, 0.717) is 6.42 Å². The number of allylic oxidation sites excluding steroid dienone is 3. The van der Waals surface area contributed by atoms with Gasteiger partial charge in [0.05, 0.1) is 11.7 Å². The monoisotopic (exact) mass is 360 g/mol. The van der Waals surface area contributed by atoms with Gasteiger partial charge in [0, 0.05) is 29.7 Å². The summed E-state index contributed by atoms with van der Waals surface area (Å²) in [6, 6.07) is 1.98. The number of hydrogen-bond acceptors (Lipinski definition) is 4. The lowest BCUT2D eigenvalue weighted by atomic mass is 10.0. The maximum Gasteiger partial charge on any atom is 0.188 e. The third-order valence-electron chi connectivity index (χ3n) is 4.09. The van der Waals surface area contributed by atoms with Crippen molar-refractivity contribution in [1.82, 2.24) is 15.0 Å². The van der Waals surface area contributed by atoms with Crippen LogP contribution in [0.15, 0.2) is 42.0 Å². The summed E-state index contributed by atoms with van der Waals surface area (Å²) in [7, 11) is 0. The first-order chi connectivity index (χ1) is 10.5. The van der Waals surface area contributed by atoms with Gasteiger partial charge in [0.25, 0.3) is 0 Å². The van der Waals surface area contributed by atoms with Gasteiger partial charge in [-0.2, -0.15) is 0 Å². The lowest BCUT2D eigenvalue weighted by molar-refractivity contribution is 0.364. The summed E-state index contributed by atoms with van der Waals surface area (Å²) in [4.78, 5) is 15.1. The van der Waals surface area contributed by atoms with E-state index in [-0.39, 0.29) is 0 Å². The number of nitrogens with zero attached hydrogens (tertiary/aromatic N) is 4. The molecule has 1 aliphatic carbocycles. The van der Waals surface area contributed by atoms with Crippen LogP contribution >= 0.6 is 15.9 Å². The molecule has 0 amide bonds. The lowest BCUT2D eigenvalue weighted by Crippen LogP contribution is -2.23. The average Bonchev–Trinajstić information content (AvgIpc) is 2.88. The number of aryl methyl sites for hydroxylation is 1. The maximum atomic E-state index is 14.3. The molecule has 3 heterocycles. The molecule has 2 aromatic heterocycles. The van der Waals surface area contributed by atoms with Crippen LogP contribution in [-0.2, 0) is 0 Å². The van der Waals surface area contributed by atoms with E-state index in [2.05, 4.69) is 35.8 Å². The van der Waals surface area contributed by atoms with Gasteiger partial charge in [-0.1, -0.05) is 6.08 Å². The van der Waals surface area contributed by atoms with E-state index in [9.17, 15) is 4.39 Å². The number of anilines is 1. The number of rotatable bonds is 1. The zero-order chi connectivity index (χ0) is 15.3. The van der Waals surface area contributed by atoms with Gasteiger partial charge in [-0.25, -0.2) is 14.4 Å². The van der Waals surface area contributed by atoms with Crippen LogP contribution in [0.5, 0.6) is 0 Å². The normalized spacial score (nSPS) is 24.2. The van der Waals surface area contributed by atoms with Gasteiger partial charge in [0.2, 0.25) is 0 Å². The first-order valence-corrected chi connectivity index (χ1v) is 7.98. The Morgan fingerprint density at radius 2 is 2.18 bits per heavy atom. The number of pyridine rings is 1. The van der Waals surface area contributed by atoms with Crippen molar-refractivity contribution < 1.29 is 4.39 Å². The molecule has 4 nitrogen and oxygen atoms in total. The minimum atomic E-state index is -1.48. The zero-order valence-corrected chi connectivity index (χ0v) is 13.6. The highest BCUT2D eigenvalue weighted by atomic mass is 79.9. The largest absolute Gasteiger partial charge is 0.325 e. The summed E-state index contributed by atoms with van der Waals surface area (Å²) < 4.78 is 12.8. The minimum Gasteiger partial charge on any atom is -0.325 e. The SMILES string of the molecule is Cc1cc2c(N3CCC4=CCC(F)(Br)C=C43)ncnc2cn1. The van der Waals surface area contributed by atoms with Gasteiger partial charge >= 0.3 is 0 Å². The van der Waals surface area contributed by atoms with E-state index < -0.39 is 4.58 Å². The highest BCUT2D eigenvalue weighted by molar-refractivity contribution is 9.10. The van der Waals surface area contributed by atoms with Crippen LogP contribution < -0.4 is 4.90 Å². The number of aromatic nitrogens is 3. The molecule has 2 aliphatic rings. The quantitative estimate of drug-likeness (QED) is 0.725. The zero-order valence-electron chi connectivity index (χ0n) is 12.1. The van der Waals surface area contributed by atoms with Crippen molar-refractivity contribution in [1.29, 1.82) is 0 Å². The average molecular weight is 361 g/mol. The first kappa shape index (κ1) is 13.8. The van der Waals surface area contributed by atoms with Gasteiger partial charge < -0.3 is 4.90 Å². The third-order valence-corrected chi connectivity index (χ3v) is 4.64. The fourth-order valence-electron chi connectivity index (χ4n) is 3.03. The van der Waals surface area contributed by atoms with Crippen molar-refractivity contribution in [3.05, 3.63) is 47.7 Å². The van der Waals surface area contributed by atoms with Crippen LogP contribution in [0.2, 0.25) is 0 Å². The third kappa shape index (κ3) is 2.22. The second kappa shape index (κ2) is 4.84. The molecule has 112 valence electrons. The Bertz CT molecular complexity index is 828. The maximum absolute atomic E-state index is 14.3. The Balaban J connectivity index is 1.88. The summed E-state index contributed by atoms with van der Waals surface area (Å²) in [5, 5.41) is 0.946. The van der Waals surface area contributed by atoms with E-state index in [1.165, 1.54) is 11.9 Å². The molecule has 1 saturated heterocycles. The molecule has 0 N–H and O–H groups in total. The topological polar surface area (TPSA) is 41.9 Å². The predicted octanol–water partition coefficient (Wildman–Crippen LogP) is 3.82. The number of halogens is 2. The molecule has 6 heteroatoms. The second-order valence-electron chi connectivity index (χ2n) is 5.67. The summed E-state index contributed by atoms with van der Waals surface area (Å²) in [5.74, 6) is 0.815. The van der Waals surface area contributed by atoms with Crippen molar-refractivity contribution in [3.63, 3.8) is 0 Å². The summed E-state index contributed by atoms with van der Waals surface area (Å²) in [6.45, 7) is 2.74. The number of fused-ring (bicyclic) bond motifs is 2. The molecule has 0 radical (unpaired) electrons. The lowest BCUT2D eigenvalue weighted by Gasteiger charge is -2.25. The minimum absolute atomic E-state index is 0.368. The number of hydrogen-bond donors (Lipinski definition) is 0. The van der Waals surface area contributed by atoms with Crippen LogP contribution in [-0.4, -0.2) is 26.1 Å². The van der Waals surface area contributed by atoms with Crippen LogP contribution in [0.3, 0.4) is 0 Å². The van der Waals surface area contributed by atoms with Gasteiger partial charge in [0.1, 0.15) is 12.1 Å². The van der Waals surface area contributed by atoms with Crippen LogP contribution in [0, 0.1) is 6.92 Å². The molecule has 1 unspecified atom stereocenters. The smallest absolute Gasteiger partial charge is 0.188 e. The Kier molecular flexibility index (Phi) is 3.04. The fraction of sp³-hybridized carbons (Fsp3) is 0.312. The van der Waals surface area contributed by atoms with Crippen molar-refractivity contribution in [2.24, 2.45) is 0 Å². The predicted molar refractivity (Wildman–Crippen MR) is 87.6 cm³/mol. The van der Waals surface area contributed by atoms with Crippen molar-refractivity contribution in [2.45, 2.75) is 24.3 Å². The molecule has 2 aromatic rings. The molecule has 0 saturated carbocycles. The molecular weight excluding hydrogens is 347 g/mol. The highest BCUT2D eigenvalue weighted by Crippen LogP contribution is 2.42. The molecule has 0 bridgehead atoms. The Hall–Kier alpha value is -1.82. The van der Waals surface area contributed by atoms with E-state index in [1.807, 2.05) is 19.1 Å². The van der Waals surface area contributed by atoms with E-state index in [1.54, 1.807) is 12.3 Å². The van der Waals surface area contributed by atoms with Crippen molar-refractivity contribution in [2.75, 3.05) is 11.4 Å². The summed E-state index contributed by atoms with van der Waals surface area (Å²) in [5.41, 5.74) is 3.80. The number of alkyl halides is 2. The van der Waals surface area contributed by atoms with E-state index in [4.69, 9.17) is 0 Å². The van der Waals surface area contributed by atoms with Crippen molar-refractivity contribution in [3.8, 4) is 0 Å². The van der Waals surface area contributed by atoms with Crippen LogP contribution in [0.1, 0.15) is 18.5 Å².